The van der Waals surface area contributed by atoms with Crippen LogP contribution in [-0.4, -0.2) is 132 Å². The predicted molar refractivity (Wildman–Crippen MR) is 285 cm³/mol. The third-order valence-corrected chi connectivity index (χ3v) is 11.8. The van der Waals surface area contributed by atoms with Gasteiger partial charge in [-0.05, 0) is 123 Å². The summed E-state index contributed by atoms with van der Waals surface area (Å²) in [6.45, 7) is 18.1. The normalized spacial score (nSPS) is 16.4. The number of unbranched alkanes of at least 4 members (excludes halogenated alkanes) is 8. The maximum absolute atomic E-state index is 15.0. The smallest absolute Gasteiger partial charge is 0.507 e. The molecule has 0 aromatic heterocycles. The van der Waals surface area contributed by atoms with Gasteiger partial charge in [-0.3, -0.25) is 19.2 Å². The molecule has 4 atom stereocenters. The van der Waals surface area contributed by atoms with Gasteiger partial charge in [-0.1, -0.05) is 64.0 Å². The van der Waals surface area contributed by atoms with Crippen molar-refractivity contribution in [1.82, 2.24) is 31.1 Å². The zero-order chi connectivity index (χ0) is 57.0. The summed E-state index contributed by atoms with van der Waals surface area (Å²) in [5.41, 5.74) is 4.41. The Morgan fingerprint density at radius 3 is 2.01 bits per heavy atom. The van der Waals surface area contributed by atoms with Gasteiger partial charge in [0.05, 0.1) is 7.11 Å². The second-order valence-corrected chi connectivity index (χ2v) is 22.0. The number of phenols is 1. The van der Waals surface area contributed by atoms with Gasteiger partial charge in [0.15, 0.2) is 6.17 Å². The number of phenolic OH excluding ortho intramolecular Hbond substituents is 1. The number of hydrogen-bond donors (Lipinski definition) is 6. The van der Waals surface area contributed by atoms with E-state index in [1.807, 2.05) is 0 Å². The molecular formula is C55H85N7O14. The van der Waals surface area contributed by atoms with Crippen molar-refractivity contribution in [3.8, 4) is 22.6 Å². The van der Waals surface area contributed by atoms with E-state index < -0.39 is 89.0 Å². The van der Waals surface area contributed by atoms with Crippen LogP contribution in [0.2, 0.25) is 0 Å². The highest BCUT2D eigenvalue weighted by Crippen LogP contribution is 2.40. The van der Waals surface area contributed by atoms with Gasteiger partial charge < -0.3 is 65.6 Å². The summed E-state index contributed by atoms with van der Waals surface area (Å²) in [5.74, 6) is -4.56. The Bertz CT molecular complexity index is 2300. The van der Waals surface area contributed by atoms with Gasteiger partial charge in [0, 0.05) is 50.7 Å². The summed E-state index contributed by atoms with van der Waals surface area (Å²) >= 11 is 0. The second kappa shape index (κ2) is 29.6. The number of rotatable bonds is 22. The molecular weight excluding hydrogens is 983 g/mol. The molecule has 0 radical (unpaired) electrons. The van der Waals surface area contributed by atoms with Crippen LogP contribution in [0.4, 0.5) is 14.4 Å². The molecule has 7 N–H and O–H groups in total. The highest BCUT2D eigenvalue weighted by Gasteiger charge is 2.37. The predicted octanol–water partition coefficient (Wildman–Crippen LogP) is 7.44. The number of alkyl carbamates (subject to hydrolysis) is 1. The summed E-state index contributed by atoms with van der Waals surface area (Å²) in [7, 11) is 2.44. The SMILES string of the molecule is CCCCCCCCCCN(CCC(=O)N[C@@H](CCCCNC(=O)OC(C)(C)C)C(=O)N(C)[C@@H]1C(=O)N[C@@H](N)C(=O)N[C@H](C(=O)OC)Cc2ccc(OC(=O)OC(C)(C)C)c(c2)-c2cc1ccc2O)C(=O)OC(C)(C)C. The van der Waals surface area contributed by atoms with Crippen molar-refractivity contribution in [3.63, 3.8) is 0 Å². The Hall–Kier alpha value is -6.64. The monoisotopic (exact) mass is 1070 g/mol. The number of likely N-dealkylation sites (N-methyl/N-ethyl adjacent to an activating group) is 1. The number of ether oxygens (including phenoxy) is 5. The molecule has 21 heteroatoms. The van der Waals surface area contributed by atoms with Crippen LogP contribution >= 0.6 is 0 Å². The number of benzene rings is 2. The Labute approximate surface area is 448 Å². The van der Waals surface area contributed by atoms with Gasteiger partial charge in [-0.15, -0.1) is 0 Å². The number of nitrogens with zero attached hydrogens (tertiary/aromatic N) is 2. The molecule has 0 aliphatic carbocycles. The lowest BCUT2D eigenvalue weighted by atomic mass is 9.93. The molecule has 0 unspecified atom stereocenters. The van der Waals surface area contributed by atoms with Crippen molar-refractivity contribution < 1.29 is 67.1 Å². The van der Waals surface area contributed by atoms with Crippen LogP contribution in [0.15, 0.2) is 36.4 Å². The zero-order valence-corrected chi connectivity index (χ0v) is 46.8. The average Bonchev–Trinajstić information content (AvgIpc) is 3.30. The Kier molecular flexibility index (Phi) is 24.8. The molecule has 1 aliphatic heterocycles. The Morgan fingerprint density at radius 2 is 1.39 bits per heavy atom. The van der Waals surface area contributed by atoms with Gasteiger partial charge in [-0.25, -0.2) is 19.2 Å². The minimum atomic E-state index is -1.77. The van der Waals surface area contributed by atoms with Crippen LogP contribution in [0.3, 0.4) is 0 Å². The number of nitrogens with two attached hydrogens (primary N) is 1. The number of hydrogen-bond acceptors (Lipinski definition) is 15. The third-order valence-electron chi connectivity index (χ3n) is 11.8. The molecule has 4 bridgehead atoms. The number of carbonyl (C=O) groups is 8. The molecule has 0 fully saturated rings. The van der Waals surface area contributed by atoms with E-state index in [-0.39, 0.29) is 67.0 Å². The van der Waals surface area contributed by atoms with E-state index in [0.29, 0.717) is 24.9 Å². The van der Waals surface area contributed by atoms with Gasteiger partial charge in [0.2, 0.25) is 17.7 Å². The maximum atomic E-state index is 15.0. The molecule has 76 heavy (non-hydrogen) atoms. The molecule has 3 rings (SSSR count). The molecule has 0 spiro atoms. The quantitative estimate of drug-likeness (QED) is 0.0289. The summed E-state index contributed by atoms with van der Waals surface area (Å²) in [5, 5.41) is 21.9. The lowest BCUT2D eigenvalue weighted by Gasteiger charge is -2.32. The van der Waals surface area contributed by atoms with Crippen molar-refractivity contribution in [2.75, 3.05) is 33.8 Å². The number of esters is 1. The third kappa shape index (κ3) is 22.3. The number of amides is 6. The molecule has 424 valence electrons. The number of carbonyl (C=O) groups excluding carboxylic acids is 8. The number of nitrogens with one attached hydrogen (secondary N) is 4. The fraction of sp³-hybridized carbons (Fsp3) is 0.636. The second-order valence-electron chi connectivity index (χ2n) is 22.0. The number of fused-ring (bicyclic) bond motifs is 5. The van der Waals surface area contributed by atoms with Crippen molar-refractivity contribution in [2.45, 2.75) is 194 Å². The molecule has 6 amide bonds. The number of methoxy groups -OCH3 is 1. The van der Waals surface area contributed by atoms with Crippen LogP contribution in [0.5, 0.6) is 11.5 Å². The minimum Gasteiger partial charge on any atom is -0.507 e. The van der Waals surface area contributed by atoms with Crippen LogP contribution < -0.4 is 31.7 Å². The molecule has 2 aromatic carbocycles. The van der Waals surface area contributed by atoms with E-state index in [1.165, 1.54) is 61.2 Å². The zero-order valence-electron chi connectivity index (χ0n) is 46.8. The van der Waals surface area contributed by atoms with Crippen molar-refractivity contribution in [3.05, 3.63) is 47.5 Å². The fourth-order valence-corrected chi connectivity index (χ4v) is 8.15. The lowest BCUT2D eigenvalue weighted by Crippen LogP contribution is -2.58. The first-order valence-corrected chi connectivity index (χ1v) is 26.3. The molecule has 0 saturated heterocycles. The van der Waals surface area contributed by atoms with Gasteiger partial charge in [-0.2, -0.15) is 0 Å². The van der Waals surface area contributed by atoms with Crippen molar-refractivity contribution in [2.24, 2.45) is 5.73 Å². The van der Waals surface area contributed by atoms with Crippen LogP contribution in [-0.2, 0) is 49.3 Å². The van der Waals surface area contributed by atoms with E-state index >= 15 is 0 Å². The van der Waals surface area contributed by atoms with E-state index in [9.17, 15) is 43.5 Å². The standard InChI is InChI=1S/C55H85N7O14/c1-13-14-15-16-17-18-19-22-30-62(51(70)75-54(5,6)7)31-28-43(64)58-39(23-20-21-29-57-50(69)74-53(2,3)4)48(67)61(11)44-36-25-26-41(63)37(34-36)38-32-35(24-27-42(38)73-52(71)76-55(8,9)10)33-40(49(68)72-12)59-47(66)45(56)60-46(44)65/h24-27,32,34,39-40,44-45,63H,13-23,28-31,33,56H2,1-12H3,(H,57,69)(H,58,64)(H,59,66)(H,60,65)/t39-,40-,44-,45+/m0/s1. The molecule has 21 nitrogen and oxygen atoms in total. The van der Waals surface area contributed by atoms with Crippen LogP contribution in [0.25, 0.3) is 11.1 Å². The fourth-order valence-electron chi connectivity index (χ4n) is 8.15. The maximum Gasteiger partial charge on any atom is 0.514 e. The van der Waals surface area contributed by atoms with E-state index in [1.54, 1.807) is 62.3 Å². The van der Waals surface area contributed by atoms with Crippen LogP contribution in [0, 0.1) is 0 Å². The summed E-state index contributed by atoms with van der Waals surface area (Å²) in [6.07, 6.45) is 4.58. The summed E-state index contributed by atoms with van der Waals surface area (Å²) in [4.78, 5) is 112. The Balaban J connectivity index is 2.09. The van der Waals surface area contributed by atoms with Gasteiger partial charge in [0.1, 0.15) is 46.4 Å². The molecule has 1 aliphatic rings. The number of aromatic hydroxyl groups is 1. The van der Waals surface area contributed by atoms with Gasteiger partial charge >= 0.3 is 24.3 Å². The van der Waals surface area contributed by atoms with E-state index in [4.69, 9.17) is 29.4 Å². The van der Waals surface area contributed by atoms with Crippen molar-refractivity contribution >= 4 is 47.9 Å². The lowest BCUT2D eigenvalue weighted by molar-refractivity contribution is -0.145. The minimum absolute atomic E-state index is 0.0170. The molecule has 1 heterocycles. The van der Waals surface area contributed by atoms with Crippen molar-refractivity contribution in [1.29, 1.82) is 0 Å². The summed E-state index contributed by atoms with van der Waals surface area (Å²) < 4.78 is 27.1. The average molecular weight is 1070 g/mol. The first-order chi connectivity index (χ1) is 35.5. The highest BCUT2D eigenvalue weighted by molar-refractivity contribution is 5.96. The summed E-state index contributed by atoms with van der Waals surface area (Å²) in [6, 6.07) is 4.25. The van der Waals surface area contributed by atoms with E-state index in [2.05, 4.69) is 28.2 Å². The largest absolute Gasteiger partial charge is 0.514 e. The molecule has 2 aromatic rings. The Morgan fingerprint density at radius 1 is 0.763 bits per heavy atom. The van der Waals surface area contributed by atoms with Crippen LogP contribution in [0.1, 0.15) is 163 Å². The topological polar surface area (TPSA) is 284 Å². The first-order valence-electron chi connectivity index (χ1n) is 26.3. The highest BCUT2D eigenvalue weighted by atomic mass is 16.7. The first kappa shape index (κ1) is 63.7. The van der Waals surface area contributed by atoms with Gasteiger partial charge in [0.25, 0.3) is 5.91 Å². The van der Waals surface area contributed by atoms with E-state index in [0.717, 1.165) is 44.1 Å². The molecule has 0 saturated carbocycles.